The molecule has 12 heteroatoms. The van der Waals surface area contributed by atoms with Crippen LogP contribution in [0.2, 0.25) is 5.02 Å². The Morgan fingerprint density at radius 3 is 2.73 bits per heavy atom. The standard InChI is InChI=1S/C21H23ClN8O3/c1-12(2)29(21(32)33)19-26-25-18-17(23-7-10-28(18)19)27-8-5-14(6-9-27)30-16-4-3-13(22)11-15(16)24-20(30)31/h3-4,7,10-12,14H,5-6,8-9H2,1-2H3,(H,24,31)(H,32,33). The maximum atomic E-state index is 12.6. The van der Waals surface area contributed by atoms with E-state index in [2.05, 4.69) is 25.1 Å². The average molecular weight is 471 g/mol. The van der Waals surface area contributed by atoms with Gasteiger partial charge < -0.3 is 15.0 Å². The minimum absolute atomic E-state index is 0.0419. The number of fused-ring (bicyclic) bond motifs is 2. The number of carboxylic acid groups (broad SMARTS) is 1. The summed E-state index contributed by atoms with van der Waals surface area (Å²) in [7, 11) is 0. The number of aromatic amines is 1. The molecule has 1 aliphatic rings. The van der Waals surface area contributed by atoms with Crippen LogP contribution in [-0.2, 0) is 0 Å². The van der Waals surface area contributed by atoms with Crippen molar-refractivity contribution in [1.29, 1.82) is 0 Å². The summed E-state index contributed by atoms with van der Waals surface area (Å²) in [6.07, 6.45) is 3.67. The van der Waals surface area contributed by atoms with Crippen molar-refractivity contribution in [2.45, 2.75) is 38.8 Å². The van der Waals surface area contributed by atoms with Gasteiger partial charge in [0.2, 0.25) is 11.6 Å². The fourth-order valence-corrected chi connectivity index (χ4v) is 4.70. The van der Waals surface area contributed by atoms with Gasteiger partial charge in [0, 0.05) is 42.6 Å². The van der Waals surface area contributed by atoms with Crippen LogP contribution in [0.1, 0.15) is 32.7 Å². The molecule has 0 aliphatic carbocycles. The first kappa shape index (κ1) is 21.3. The minimum Gasteiger partial charge on any atom is -0.465 e. The number of amides is 1. The molecule has 0 unspecified atom stereocenters. The Labute approximate surface area is 193 Å². The quantitative estimate of drug-likeness (QED) is 0.469. The summed E-state index contributed by atoms with van der Waals surface area (Å²) < 4.78 is 3.45. The Hall–Kier alpha value is -3.60. The molecule has 0 bridgehead atoms. The molecular weight excluding hydrogens is 448 g/mol. The number of hydrogen-bond donors (Lipinski definition) is 2. The van der Waals surface area contributed by atoms with Crippen LogP contribution in [0, 0.1) is 0 Å². The number of imidazole rings is 1. The highest BCUT2D eigenvalue weighted by Crippen LogP contribution is 2.30. The molecule has 172 valence electrons. The number of aromatic nitrogens is 6. The van der Waals surface area contributed by atoms with Gasteiger partial charge in [0.05, 0.1) is 11.0 Å². The van der Waals surface area contributed by atoms with Crippen molar-refractivity contribution in [3.8, 4) is 0 Å². The van der Waals surface area contributed by atoms with Crippen LogP contribution < -0.4 is 15.5 Å². The Balaban J connectivity index is 1.42. The molecule has 0 atom stereocenters. The van der Waals surface area contributed by atoms with Crippen LogP contribution in [-0.4, -0.2) is 59.5 Å². The minimum atomic E-state index is -1.09. The van der Waals surface area contributed by atoms with Gasteiger partial charge in [-0.25, -0.2) is 19.5 Å². The predicted octanol–water partition coefficient (Wildman–Crippen LogP) is 3.16. The van der Waals surface area contributed by atoms with Crippen LogP contribution in [0.5, 0.6) is 0 Å². The average Bonchev–Trinajstić information content (AvgIpc) is 3.33. The fourth-order valence-electron chi connectivity index (χ4n) is 4.53. The van der Waals surface area contributed by atoms with Crippen molar-refractivity contribution in [2.75, 3.05) is 22.9 Å². The van der Waals surface area contributed by atoms with Crippen molar-refractivity contribution in [2.24, 2.45) is 0 Å². The number of carbonyl (C=O) groups is 1. The molecule has 0 saturated carbocycles. The van der Waals surface area contributed by atoms with E-state index in [1.54, 1.807) is 47.3 Å². The first-order valence-electron chi connectivity index (χ1n) is 10.7. The van der Waals surface area contributed by atoms with Gasteiger partial charge in [-0.1, -0.05) is 11.6 Å². The summed E-state index contributed by atoms with van der Waals surface area (Å²) in [5, 5.41) is 18.6. The SMILES string of the molecule is CC(C)N(C(=O)O)c1nnc2c(N3CCC(n4c(=O)[nH]c5cc(Cl)ccc54)CC3)nccn12. The summed E-state index contributed by atoms with van der Waals surface area (Å²) in [6.45, 7) is 4.89. The molecule has 5 rings (SSSR count). The lowest BCUT2D eigenvalue weighted by molar-refractivity contribution is 0.199. The summed E-state index contributed by atoms with van der Waals surface area (Å²) in [5.74, 6) is 0.872. The molecule has 33 heavy (non-hydrogen) atoms. The van der Waals surface area contributed by atoms with Crippen molar-refractivity contribution >= 4 is 46.1 Å². The zero-order valence-electron chi connectivity index (χ0n) is 18.1. The zero-order chi connectivity index (χ0) is 23.3. The number of piperidine rings is 1. The van der Waals surface area contributed by atoms with E-state index < -0.39 is 6.09 Å². The van der Waals surface area contributed by atoms with Gasteiger partial charge in [0.15, 0.2) is 5.82 Å². The van der Waals surface area contributed by atoms with E-state index in [4.69, 9.17) is 11.6 Å². The first-order chi connectivity index (χ1) is 15.8. The largest absolute Gasteiger partial charge is 0.465 e. The van der Waals surface area contributed by atoms with Crippen LogP contribution in [0.4, 0.5) is 16.6 Å². The molecule has 2 N–H and O–H groups in total. The second-order valence-corrected chi connectivity index (χ2v) is 8.81. The van der Waals surface area contributed by atoms with Crippen molar-refractivity contribution < 1.29 is 9.90 Å². The van der Waals surface area contributed by atoms with Crippen LogP contribution >= 0.6 is 11.6 Å². The number of hydrogen-bond acceptors (Lipinski definition) is 6. The molecule has 0 radical (unpaired) electrons. The molecule has 1 saturated heterocycles. The van der Waals surface area contributed by atoms with E-state index in [1.165, 1.54) is 4.90 Å². The van der Waals surface area contributed by atoms with Gasteiger partial charge in [-0.3, -0.25) is 8.97 Å². The zero-order valence-corrected chi connectivity index (χ0v) is 18.9. The molecule has 1 fully saturated rings. The van der Waals surface area contributed by atoms with Gasteiger partial charge in [0.25, 0.3) is 0 Å². The molecule has 4 aromatic rings. The third-order valence-electron chi connectivity index (χ3n) is 6.04. The van der Waals surface area contributed by atoms with Gasteiger partial charge in [0.1, 0.15) is 0 Å². The highest BCUT2D eigenvalue weighted by Gasteiger charge is 2.28. The highest BCUT2D eigenvalue weighted by atomic mass is 35.5. The molecule has 1 aromatic carbocycles. The number of halogens is 1. The summed E-state index contributed by atoms with van der Waals surface area (Å²) in [6, 6.07) is 5.15. The predicted molar refractivity (Wildman–Crippen MR) is 124 cm³/mol. The number of anilines is 2. The van der Waals surface area contributed by atoms with E-state index in [0.29, 0.717) is 29.6 Å². The number of rotatable bonds is 4. The second kappa shape index (κ2) is 8.07. The van der Waals surface area contributed by atoms with Crippen molar-refractivity contribution in [3.63, 3.8) is 0 Å². The van der Waals surface area contributed by atoms with Crippen molar-refractivity contribution in [1.82, 2.24) is 29.1 Å². The molecule has 1 aliphatic heterocycles. The Bertz CT molecular complexity index is 1400. The van der Waals surface area contributed by atoms with Gasteiger partial charge in [-0.05, 0) is 44.9 Å². The smallest absolute Gasteiger partial charge is 0.414 e. The summed E-state index contributed by atoms with van der Waals surface area (Å²) in [4.78, 5) is 35.0. The van der Waals surface area contributed by atoms with E-state index in [1.807, 2.05) is 6.07 Å². The molecule has 0 spiro atoms. The molecular formula is C21H23ClN8O3. The third-order valence-corrected chi connectivity index (χ3v) is 6.27. The van der Waals surface area contributed by atoms with E-state index >= 15 is 0 Å². The third kappa shape index (κ3) is 3.58. The monoisotopic (exact) mass is 470 g/mol. The number of H-pyrrole nitrogens is 1. The number of nitrogens with one attached hydrogen (secondary N) is 1. The maximum absolute atomic E-state index is 12.6. The fraction of sp³-hybridized carbons (Fsp3) is 0.381. The van der Waals surface area contributed by atoms with Crippen LogP contribution in [0.25, 0.3) is 16.7 Å². The molecule has 3 aromatic heterocycles. The van der Waals surface area contributed by atoms with Crippen molar-refractivity contribution in [3.05, 3.63) is 46.1 Å². The molecule has 1 amide bonds. The lowest BCUT2D eigenvalue weighted by atomic mass is 10.0. The maximum Gasteiger partial charge on any atom is 0.414 e. The lowest BCUT2D eigenvalue weighted by Crippen LogP contribution is -2.38. The van der Waals surface area contributed by atoms with E-state index in [9.17, 15) is 14.7 Å². The van der Waals surface area contributed by atoms with Crippen LogP contribution in [0.15, 0.2) is 35.4 Å². The number of nitrogens with zero attached hydrogens (tertiary/aromatic N) is 7. The second-order valence-electron chi connectivity index (χ2n) is 8.37. The molecule has 11 nitrogen and oxygen atoms in total. The summed E-state index contributed by atoms with van der Waals surface area (Å²) >= 11 is 6.06. The Morgan fingerprint density at radius 1 is 1.27 bits per heavy atom. The Morgan fingerprint density at radius 2 is 2.03 bits per heavy atom. The molecule has 4 heterocycles. The van der Waals surface area contributed by atoms with Gasteiger partial charge in [-0.15, -0.1) is 10.2 Å². The highest BCUT2D eigenvalue weighted by molar-refractivity contribution is 6.31. The van der Waals surface area contributed by atoms with Gasteiger partial charge >= 0.3 is 11.8 Å². The lowest BCUT2D eigenvalue weighted by Gasteiger charge is -2.33. The normalized spacial score (nSPS) is 15.1. The topological polar surface area (TPSA) is 125 Å². The summed E-state index contributed by atoms with van der Waals surface area (Å²) in [5.41, 5.74) is 1.92. The Kier molecular flexibility index (Phi) is 5.20. The number of benzene rings is 1. The van der Waals surface area contributed by atoms with E-state index in [0.717, 1.165) is 23.9 Å². The first-order valence-corrected chi connectivity index (χ1v) is 11.1. The van der Waals surface area contributed by atoms with E-state index in [-0.39, 0.29) is 23.7 Å². The van der Waals surface area contributed by atoms with Gasteiger partial charge in [-0.2, -0.15) is 0 Å². The van der Waals surface area contributed by atoms with Crippen LogP contribution in [0.3, 0.4) is 0 Å².